The van der Waals surface area contributed by atoms with Crippen LogP contribution < -0.4 is 5.73 Å². The summed E-state index contributed by atoms with van der Waals surface area (Å²) in [5, 5.41) is 0. The lowest BCUT2D eigenvalue weighted by Gasteiger charge is -2.05. The number of hydrogen-bond acceptors (Lipinski definition) is 2. The van der Waals surface area contributed by atoms with Gasteiger partial charge in [0, 0.05) is 6.16 Å². The van der Waals surface area contributed by atoms with Gasteiger partial charge in [-0.1, -0.05) is 186 Å². The summed E-state index contributed by atoms with van der Waals surface area (Å²) in [6.45, 7) is 0.864. The van der Waals surface area contributed by atoms with Crippen molar-refractivity contribution in [1.82, 2.24) is 0 Å². The first-order valence-electron chi connectivity index (χ1n) is 17.3. The molecule has 0 unspecified atom stereocenters. The Bertz CT molecular complexity index is 483. The van der Waals surface area contributed by atoms with Gasteiger partial charge in [0.25, 0.3) is 0 Å². The third-order valence-electron chi connectivity index (χ3n) is 8.15. The lowest BCUT2D eigenvalue weighted by Crippen LogP contribution is -1.97. The predicted octanol–water partition coefficient (Wildman–Crippen LogP) is 11.2. The fourth-order valence-electron chi connectivity index (χ4n) is 5.59. The second-order valence-electron chi connectivity index (χ2n) is 12.1. The van der Waals surface area contributed by atoms with Gasteiger partial charge in [0.1, 0.15) is 0 Å². The van der Waals surface area contributed by atoms with Gasteiger partial charge in [-0.3, -0.25) is 4.57 Å². The second kappa shape index (κ2) is 31.6. The Morgan fingerprint density at radius 1 is 0.316 bits per heavy atom. The molecule has 0 spiro atoms. The van der Waals surface area contributed by atoms with E-state index in [0.29, 0.717) is 6.42 Å². The molecular weight excluding hydrogens is 489 g/mol. The van der Waals surface area contributed by atoms with Gasteiger partial charge in [-0.2, -0.15) is 0 Å². The molecule has 0 atom stereocenters. The van der Waals surface area contributed by atoms with Crippen LogP contribution in [0, 0.1) is 0 Å². The molecule has 0 heterocycles. The fraction of sp³-hybridized carbons (Fsp3) is 1.00. The van der Waals surface area contributed by atoms with Crippen LogP contribution in [-0.2, 0) is 4.57 Å². The van der Waals surface area contributed by atoms with Gasteiger partial charge in [0.05, 0.1) is 0 Å². The third kappa shape index (κ3) is 36.1. The summed E-state index contributed by atoms with van der Waals surface area (Å²) in [7, 11) is -3.77. The maximum Gasteiger partial charge on any atom is 0.325 e. The molecule has 0 radical (unpaired) electrons. The molecule has 0 rings (SSSR count). The molecule has 0 saturated heterocycles. The van der Waals surface area contributed by atoms with Gasteiger partial charge in [-0.05, 0) is 19.4 Å². The quantitative estimate of drug-likeness (QED) is 0.0551. The summed E-state index contributed by atoms with van der Waals surface area (Å²) in [5.74, 6) is 0. The Morgan fingerprint density at radius 2 is 0.474 bits per heavy atom. The largest absolute Gasteiger partial charge is 0.330 e. The van der Waals surface area contributed by atoms with E-state index in [4.69, 9.17) is 15.5 Å². The summed E-state index contributed by atoms with van der Waals surface area (Å²) in [6.07, 6.45) is 42.2. The molecule has 0 aliphatic heterocycles. The molecular formula is C33H70NO3P. The van der Waals surface area contributed by atoms with E-state index < -0.39 is 7.60 Å². The minimum absolute atomic E-state index is 0.0603. The lowest BCUT2D eigenvalue weighted by molar-refractivity contribution is 0.370. The molecule has 0 aliphatic carbocycles. The van der Waals surface area contributed by atoms with Crippen LogP contribution in [0.1, 0.15) is 199 Å². The maximum atomic E-state index is 10.8. The Morgan fingerprint density at radius 3 is 0.632 bits per heavy atom. The van der Waals surface area contributed by atoms with E-state index in [9.17, 15) is 4.57 Å². The standard InChI is InChI=1S/C33H70NO3P/c34-32-30-28-26-24-22-20-18-16-14-12-10-8-6-4-2-1-3-5-7-9-11-13-15-17-19-21-23-25-27-29-31-33-38(35,36)37/h1-34H2,(H2,35,36,37). The first-order valence-corrected chi connectivity index (χ1v) is 19.1. The Kier molecular flexibility index (Phi) is 31.7. The molecule has 0 bridgehead atoms. The minimum Gasteiger partial charge on any atom is -0.330 e. The van der Waals surface area contributed by atoms with Crippen molar-refractivity contribution in [3.63, 3.8) is 0 Å². The summed E-state index contributed by atoms with van der Waals surface area (Å²) in [5.41, 5.74) is 5.54. The van der Waals surface area contributed by atoms with Crippen LogP contribution >= 0.6 is 7.60 Å². The monoisotopic (exact) mass is 560 g/mol. The Hall–Kier alpha value is 0.110. The normalized spacial score (nSPS) is 12.0. The molecule has 5 heteroatoms. The maximum absolute atomic E-state index is 10.8. The molecule has 0 aromatic heterocycles. The van der Waals surface area contributed by atoms with E-state index in [-0.39, 0.29) is 6.16 Å². The van der Waals surface area contributed by atoms with Crippen molar-refractivity contribution in [2.75, 3.05) is 12.7 Å². The van der Waals surface area contributed by atoms with Crippen molar-refractivity contribution in [1.29, 1.82) is 0 Å². The average Bonchev–Trinajstić information content (AvgIpc) is 2.88. The summed E-state index contributed by atoms with van der Waals surface area (Å²) in [4.78, 5) is 17.7. The molecule has 0 saturated carbocycles. The van der Waals surface area contributed by atoms with Gasteiger partial charge in [-0.25, -0.2) is 0 Å². The molecule has 4 nitrogen and oxygen atoms in total. The van der Waals surface area contributed by atoms with Gasteiger partial charge in [-0.15, -0.1) is 0 Å². The molecule has 38 heavy (non-hydrogen) atoms. The highest BCUT2D eigenvalue weighted by atomic mass is 31.2. The Labute approximate surface area is 239 Å². The van der Waals surface area contributed by atoms with Crippen molar-refractivity contribution >= 4 is 7.60 Å². The predicted molar refractivity (Wildman–Crippen MR) is 169 cm³/mol. The van der Waals surface area contributed by atoms with Gasteiger partial charge in [0.2, 0.25) is 0 Å². The number of unbranched alkanes of at least 4 members (excludes halogenated alkanes) is 30. The van der Waals surface area contributed by atoms with Crippen LogP contribution in [-0.4, -0.2) is 22.5 Å². The van der Waals surface area contributed by atoms with Crippen molar-refractivity contribution in [2.45, 2.75) is 199 Å². The van der Waals surface area contributed by atoms with E-state index in [1.807, 2.05) is 0 Å². The summed E-state index contributed by atoms with van der Waals surface area (Å²) >= 11 is 0. The third-order valence-corrected chi connectivity index (χ3v) is 9.05. The minimum atomic E-state index is -3.77. The molecule has 0 fully saturated rings. The van der Waals surface area contributed by atoms with E-state index in [1.54, 1.807) is 0 Å². The van der Waals surface area contributed by atoms with Crippen molar-refractivity contribution < 1.29 is 14.4 Å². The van der Waals surface area contributed by atoms with E-state index >= 15 is 0 Å². The second-order valence-corrected chi connectivity index (χ2v) is 13.9. The van der Waals surface area contributed by atoms with Crippen LogP contribution in [0.5, 0.6) is 0 Å². The molecule has 0 amide bonds. The van der Waals surface area contributed by atoms with Crippen LogP contribution in [0.4, 0.5) is 0 Å². The van der Waals surface area contributed by atoms with E-state index in [2.05, 4.69) is 0 Å². The summed E-state index contributed by atoms with van der Waals surface area (Å²) < 4.78 is 10.8. The van der Waals surface area contributed by atoms with Crippen LogP contribution in [0.2, 0.25) is 0 Å². The fourth-order valence-corrected chi connectivity index (χ4v) is 6.22. The van der Waals surface area contributed by atoms with Crippen LogP contribution in [0.25, 0.3) is 0 Å². The topological polar surface area (TPSA) is 83.6 Å². The summed E-state index contributed by atoms with van der Waals surface area (Å²) in [6, 6.07) is 0. The molecule has 0 aromatic carbocycles. The number of rotatable bonds is 33. The van der Waals surface area contributed by atoms with Crippen molar-refractivity contribution in [3.05, 3.63) is 0 Å². The SMILES string of the molecule is NCCCCCCCCCCCCCCCCCCCCCCCCCCCCCCCCCP(=O)(O)O. The van der Waals surface area contributed by atoms with E-state index in [0.717, 1.165) is 19.4 Å². The van der Waals surface area contributed by atoms with Crippen molar-refractivity contribution in [3.8, 4) is 0 Å². The molecule has 0 aromatic rings. The Balaban J connectivity index is 3.04. The zero-order valence-electron chi connectivity index (χ0n) is 25.7. The first kappa shape index (κ1) is 38.1. The number of hydrogen-bond donors (Lipinski definition) is 3. The van der Waals surface area contributed by atoms with Crippen LogP contribution in [0.15, 0.2) is 0 Å². The highest BCUT2D eigenvalue weighted by Crippen LogP contribution is 2.35. The molecule has 0 aliphatic rings. The van der Waals surface area contributed by atoms with E-state index in [1.165, 1.54) is 180 Å². The smallest absolute Gasteiger partial charge is 0.325 e. The van der Waals surface area contributed by atoms with Gasteiger partial charge in [0.15, 0.2) is 0 Å². The van der Waals surface area contributed by atoms with Crippen molar-refractivity contribution in [2.24, 2.45) is 5.73 Å². The van der Waals surface area contributed by atoms with Gasteiger partial charge < -0.3 is 15.5 Å². The zero-order chi connectivity index (χ0) is 27.8. The highest BCUT2D eigenvalue weighted by molar-refractivity contribution is 7.51. The van der Waals surface area contributed by atoms with Crippen LogP contribution in [0.3, 0.4) is 0 Å². The molecule has 4 N–H and O–H groups in total. The van der Waals surface area contributed by atoms with Gasteiger partial charge >= 0.3 is 7.60 Å². The number of nitrogens with two attached hydrogens (primary N) is 1. The highest BCUT2D eigenvalue weighted by Gasteiger charge is 2.10. The average molecular weight is 560 g/mol. The lowest BCUT2D eigenvalue weighted by atomic mass is 10.0. The molecule has 230 valence electrons. The zero-order valence-corrected chi connectivity index (χ0v) is 26.6. The first-order chi connectivity index (χ1) is 18.6.